The Morgan fingerprint density at radius 2 is 1.74 bits per heavy atom. The first-order valence-corrected chi connectivity index (χ1v) is 10.2. The van der Waals surface area contributed by atoms with Crippen molar-refractivity contribution in [2.24, 2.45) is 0 Å². The van der Waals surface area contributed by atoms with E-state index in [2.05, 4.69) is 15.0 Å². The first-order chi connectivity index (χ1) is 14.9. The lowest BCUT2D eigenvalue weighted by Gasteiger charge is -2.36. The predicted molar refractivity (Wildman–Crippen MR) is 114 cm³/mol. The van der Waals surface area contributed by atoms with E-state index < -0.39 is 4.92 Å². The van der Waals surface area contributed by atoms with Gasteiger partial charge in [0.25, 0.3) is 11.6 Å². The standard InChI is InChI=1S/C21H20ClN5O4/c1-14(20-23-19(24-31-20)15-2-6-17(22)7-3-15)25-10-12-26(13-11-25)21(28)16-4-8-18(9-5-16)27(29)30/h2-9,14H,10-13H2,1H3/t14-/m0/s1. The molecule has 0 saturated carbocycles. The fourth-order valence-corrected chi connectivity index (χ4v) is 3.62. The van der Waals surface area contributed by atoms with Gasteiger partial charge >= 0.3 is 0 Å². The van der Waals surface area contributed by atoms with E-state index >= 15 is 0 Å². The van der Waals surface area contributed by atoms with Gasteiger partial charge in [0.1, 0.15) is 0 Å². The van der Waals surface area contributed by atoms with Crippen molar-refractivity contribution in [3.8, 4) is 11.4 Å². The molecular weight excluding hydrogens is 422 g/mol. The molecule has 1 aliphatic heterocycles. The monoisotopic (exact) mass is 441 g/mol. The molecule has 0 unspecified atom stereocenters. The Hall–Kier alpha value is -3.30. The first kappa shape index (κ1) is 21.0. The second-order valence-corrected chi connectivity index (χ2v) is 7.71. The van der Waals surface area contributed by atoms with E-state index in [0.29, 0.717) is 48.5 Å². The molecule has 3 aromatic rings. The van der Waals surface area contributed by atoms with Gasteiger partial charge < -0.3 is 9.42 Å². The van der Waals surface area contributed by atoms with Crippen molar-refractivity contribution in [3.63, 3.8) is 0 Å². The normalized spacial score (nSPS) is 15.6. The molecule has 1 aliphatic rings. The van der Waals surface area contributed by atoms with E-state index in [1.807, 2.05) is 19.1 Å². The van der Waals surface area contributed by atoms with E-state index in [-0.39, 0.29) is 17.6 Å². The number of carbonyl (C=O) groups is 1. The highest BCUT2D eigenvalue weighted by atomic mass is 35.5. The summed E-state index contributed by atoms with van der Waals surface area (Å²) in [6.45, 7) is 4.38. The molecule has 1 saturated heterocycles. The molecule has 9 nitrogen and oxygen atoms in total. The van der Waals surface area contributed by atoms with Crippen molar-refractivity contribution in [1.29, 1.82) is 0 Å². The lowest BCUT2D eigenvalue weighted by atomic mass is 10.1. The number of hydrogen-bond acceptors (Lipinski definition) is 7. The molecule has 10 heteroatoms. The third-order valence-electron chi connectivity index (χ3n) is 5.38. The largest absolute Gasteiger partial charge is 0.337 e. The molecule has 1 aromatic heterocycles. The van der Waals surface area contributed by atoms with E-state index in [1.165, 1.54) is 24.3 Å². The van der Waals surface area contributed by atoms with Crippen LogP contribution in [0.5, 0.6) is 0 Å². The van der Waals surface area contributed by atoms with Crippen LogP contribution in [0.2, 0.25) is 5.02 Å². The van der Waals surface area contributed by atoms with Crippen molar-refractivity contribution >= 4 is 23.2 Å². The lowest BCUT2D eigenvalue weighted by molar-refractivity contribution is -0.384. The number of rotatable bonds is 5. The summed E-state index contributed by atoms with van der Waals surface area (Å²) in [5.41, 5.74) is 1.23. The quantitative estimate of drug-likeness (QED) is 0.437. The number of halogens is 1. The Kier molecular flexibility index (Phi) is 5.97. The Morgan fingerprint density at radius 1 is 1.10 bits per heavy atom. The molecule has 0 bridgehead atoms. The fraction of sp³-hybridized carbons (Fsp3) is 0.286. The maximum Gasteiger partial charge on any atom is 0.269 e. The molecule has 1 atom stereocenters. The number of carbonyl (C=O) groups excluding carboxylic acids is 1. The number of non-ortho nitro benzene ring substituents is 1. The summed E-state index contributed by atoms with van der Waals surface area (Å²) in [7, 11) is 0. The van der Waals surface area contributed by atoms with Crippen LogP contribution >= 0.6 is 11.6 Å². The molecule has 0 radical (unpaired) electrons. The maximum atomic E-state index is 12.7. The second-order valence-electron chi connectivity index (χ2n) is 7.27. The summed E-state index contributed by atoms with van der Waals surface area (Å²) in [5, 5.41) is 15.5. The highest BCUT2D eigenvalue weighted by molar-refractivity contribution is 6.30. The lowest BCUT2D eigenvalue weighted by Crippen LogP contribution is -2.49. The van der Waals surface area contributed by atoms with Crippen molar-refractivity contribution in [2.45, 2.75) is 13.0 Å². The van der Waals surface area contributed by atoms with Crippen LogP contribution in [0.3, 0.4) is 0 Å². The van der Waals surface area contributed by atoms with Crippen molar-refractivity contribution < 1.29 is 14.2 Å². The number of benzene rings is 2. The van der Waals surface area contributed by atoms with Crippen LogP contribution in [-0.2, 0) is 0 Å². The van der Waals surface area contributed by atoms with Gasteiger partial charge in [0.05, 0.1) is 11.0 Å². The van der Waals surface area contributed by atoms with Gasteiger partial charge in [0.2, 0.25) is 11.7 Å². The van der Waals surface area contributed by atoms with E-state index in [1.54, 1.807) is 17.0 Å². The molecular formula is C21H20ClN5O4. The summed E-state index contributed by atoms with van der Waals surface area (Å²) in [6.07, 6.45) is 0. The van der Waals surface area contributed by atoms with Crippen LogP contribution in [0.1, 0.15) is 29.2 Å². The number of nitro groups is 1. The highest BCUT2D eigenvalue weighted by Gasteiger charge is 2.28. The molecule has 0 spiro atoms. The van der Waals surface area contributed by atoms with Gasteiger partial charge in [-0.2, -0.15) is 4.98 Å². The zero-order chi connectivity index (χ0) is 22.0. The molecule has 1 fully saturated rings. The summed E-state index contributed by atoms with van der Waals surface area (Å²) < 4.78 is 5.47. The highest BCUT2D eigenvalue weighted by Crippen LogP contribution is 2.25. The molecule has 2 heterocycles. The van der Waals surface area contributed by atoms with Crippen LogP contribution in [0.15, 0.2) is 53.1 Å². The van der Waals surface area contributed by atoms with Crippen molar-refractivity contribution in [2.75, 3.05) is 26.2 Å². The SMILES string of the molecule is C[C@@H](c1nc(-c2ccc(Cl)cc2)no1)N1CCN(C(=O)c2ccc([N+](=O)[O-])cc2)CC1. The second kappa shape index (κ2) is 8.83. The number of nitrogens with zero attached hydrogens (tertiary/aromatic N) is 5. The summed E-state index contributed by atoms with van der Waals surface area (Å²) in [4.78, 5) is 31.4. The molecule has 1 amide bonds. The van der Waals surface area contributed by atoms with Crippen LogP contribution in [0, 0.1) is 10.1 Å². The summed E-state index contributed by atoms with van der Waals surface area (Å²) in [5.74, 6) is 0.885. The Balaban J connectivity index is 1.36. The first-order valence-electron chi connectivity index (χ1n) is 9.79. The average Bonchev–Trinajstić information content (AvgIpc) is 3.29. The number of piperazine rings is 1. The van der Waals surface area contributed by atoms with E-state index in [9.17, 15) is 14.9 Å². The van der Waals surface area contributed by atoms with E-state index in [0.717, 1.165) is 5.56 Å². The Bertz CT molecular complexity index is 1080. The van der Waals surface area contributed by atoms with Crippen LogP contribution < -0.4 is 0 Å². The van der Waals surface area contributed by atoms with Crippen LogP contribution in [0.4, 0.5) is 5.69 Å². The van der Waals surface area contributed by atoms with Gasteiger partial charge in [-0.25, -0.2) is 0 Å². The number of amides is 1. The van der Waals surface area contributed by atoms with Gasteiger partial charge in [0.15, 0.2) is 0 Å². The zero-order valence-corrected chi connectivity index (χ0v) is 17.5. The Morgan fingerprint density at radius 3 is 2.35 bits per heavy atom. The minimum absolute atomic E-state index is 0.0345. The van der Waals surface area contributed by atoms with Crippen molar-refractivity contribution in [3.05, 3.63) is 75.1 Å². The van der Waals surface area contributed by atoms with Crippen LogP contribution in [0.25, 0.3) is 11.4 Å². The fourth-order valence-electron chi connectivity index (χ4n) is 3.50. The minimum Gasteiger partial charge on any atom is -0.337 e. The summed E-state index contributed by atoms with van der Waals surface area (Å²) >= 11 is 5.92. The maximum absolute atomic E-state index is 12.7. The van der Waals surface area contributed by atoms with Gasteiger partial charge in [0, 0.05) is 54.5 Å². The molecule has 31 heavy (non-hydrogen) atoms. The molecule has 160 valence electrons. The van der Waals surface area contributed by atoms with Crippen LogP contribution in [-0.4, -0.2) is 56.9 Å². The number of aromatic nitrogens is 2. The average molecular weight is 442 g/mol. The number of hydrogen-bond donors (Lipinski definition) is 0. The van der Waals surface area contributed by atoms with E-state index in [4.69, 9.17) is 16.1 Å². The zero-order valence-electron chi connectivity index (χ0n) is 16.8. The summed E-state index contributed by atoms with van der Waals surface area (Å²) in [6, 6.07) is 12.8. The minimum atomic E-state index is -0.482. The predicted octanol–water partition coefficient (Wildman–Crippen LogP) is 3.82. The molecule has 0 aliphatic carbocycles. The van der Waals surface area contributed by atoms with Gasteiger partial charge in [-0.05, 0) is 43.3 Å². The van der Waals surface area contributed by atoms with Gasteiger partial charge in [-0.1, -0.05) is 16.8 Å². The molecule has 4 rings (SSSR count). The van der Waals surface area contributed by atoms with Gasteiger partial charge in [-0.3, -0.25) is 19.8 Å². The smallest absolute Gasteiger partial charge is 0.269 e. The number of nitro benzene ring substituents is 1. The molecule has 2 aromatic carbocycles. The third-order valence-corrected chi connectivity index (χ3v) is 5.63. The Labute approximate surface area is 183 Å². The van der Waals surface area contributed by atoms with Gasteiger partial charge in [-0.15, -0.1) is 0 Å². The molecule has 0 N–H and O–H groups in total. The third kappa shape index (κ3) is 4.57. The topological polar surface area (TPSA) is 106 Å². The van der Waals surface area contributed by atoms with Crippen molar-refractivity contribution in [1.82, 2.24) is 19.9 Å².